The van der Waals surface area contributed by atoms with Gasteiger partial charge in [0.05, 0.1) is 11.3 Å². The van der Waals surface area contributed by atoms with E-state index in [1.165, 1.54) is 5.56 Å². The van der Waals surface area contributed by atoms with Crippen LogP contribution in [-0.4, -0.2) is 17.6 Å². The highest BCUT2D eigenvalue weighted by Crippen LogP contribution is 2.17. The monoisotopic (exact) mass is 389 g/mol. The first kappa shape index (κ1) is 19.6. The highest BCUT2D eigenvalue weighted by molar-refractivity contribution is 7.80. The molecule has 4 nitrogen and oxygen atoms in total. The van der Waals surface area contributed by atoms with Crippen LogP contribution in [0.3, 0.4) is 0 Å². The van der Waals surface area contributed by atoms with Crippen molar-refractivity contribution in [3.8, 4) is 0 Å². The van der Waals surface area contributed by atoms with Crippen molar-refractivity contribution in [2.45, 2.75) is 13.3 Å². The summed E-state index contributed by atoms with van der Waals surface area (Å²) in [7, 11) is 0. The van der Waals surface area contributed by atoms with Crippen LogP contribution in [0.4, 0.5) is 11.4 Å². The van der Waals surface area contributed by atoms with E-state index in [1.54, 1.807) is 6.07 Å². The van der Waals surface area contributed by atoms with Gasteiger partial charge >= 0.3 is 0 Å². The van der Waals surface area contributed by atoms with Gasteiger partial charge in [0.25, 0.3) is 5.91 Å². The molecule has 0 aliphatic heterocycles. The number of nitrogens with one attached hydrogen (secondary N) is 3. The molecule has 142 valence electrons. The SMILES string of the molecule is Cc1ccccc1NC(=S)Nc1ccccc1C(=O)NCCc1ccccc1. The summed E-state index contributed by atoms with van der Waals surface area (Å²) in [4.78, 5) is 12.6. The molecule has 5 heteroatoms. The Morgan fingerprint density at radius 2 is 1.43 bits per heavy atom. The summed E-state index contributed by atoms with van der Waals surface area (Å²) in [5, 5.41) is 9.73. The molecule has 0 aliphatic carbocycles. The van der Waals surface area contributed by atoms with Gasteiger partial charge in [0.15, 0.2) is 5.11 Å². The summed E-state index contributed by atoms with van der Waals surface area (Å²) in [6.45, 7) is 2.59. The standard InChI is InChI=1S/C23H23N3OS/c1-17-9-5-7-13-20(17)25-23(28)26-21-14-8-6-12-19(21)22(27)24-16-15-18-10-3-2-4-11-18/h2-14H,15-16H2,1H3,(H,24,27)(H2,25,26,28). The van der Waals surface area contributed by atoms with Crippen LogP contribution in [0, 0.1) is 6.92 Å². The molecule has 0 radical (unpaired) electrons. The van der Waals surface area contributed by atoms with Gasteiger partial charge in [0.1, 0.15) is 0 Å². The van der Waals surface area contributed by atoms with Crippen molar-refractivity contribution in [3.63, 3.8) is 0 Å². The first-order valence-electron chi connectivity index (χ1n) is 9.18. The van der Waals surface area contributed by atoms with Gasteiger partial charge < -0.3 is 16.0 Å². The minimum Gasteiger partial charge on any atom is -0.352 e. The van der Waals surface area contributed by atoms with Crippen LogP contribution in [0.2, 0.25) is 0 Å². The number of carbonyl (C=O) groups excluding carboxylic acids is 1. The minimum absolute atomic E-state index is 0.127. The molecule has 0 unspecified atom stereocenters. The van der Waals surface area contributed by atoms with E-state index in [1.807, 2.05) is 67.6 Å². The molecule has 0 spiro atoms. The van der Waals surface area contributed by atoms with Crippen molar-refractivity contribution in [1.29, 1.82) is 0 Å². The first-order valence-corrected chi connectivity index (χ1v) is 9.59. The Labute approximate surface area is 171 Å². The normalized spacial score (nSPS) is 10.2. The zero-order valence-electron chi connectivity index (χ0n) is 15.7. The van der Waals surface area contributed by atoms with E-state index in [-0.39, 0.29) is 5.91 Å². The zero-order chi connectivity index (χ0) is 19.8. The summed E-state index contributed by atoms with van der Waals surface area (Å²) in [5.74, 6) is -0.127. The van der Waals surface area contributed by atoms with Crippen molar-refractivity contribution < 1.29 is 4.79 Å². The Hall–Kier alpha value is -3.18. The molecule has 3 rings (SSSR count). The van der Waals surface area contributed by atoms with Gasteiger partial charge in [-0.15, -0.1) is 0 Å². The molecule has 0 aromatic heterocycles. The van der Waals surface area contributed by atoms with Crippen LogP contribution in [0.25, 0.3) is 0 Å². The molecule has 0 bridgehead atoms. The molecule has 0 atom stereocenters. The predicted molar refractivity (Wildman–Crippen MR) is 120 cm³/mol. The van der Waals surface area contributed by atoms with Crippen LogP contribution in [0.15, 0.2) is 78.9 Å². The van der Waals surface area contributed by atoms with E-state index in [9.17, 15) is 4.79 Å². The maximum atomic E-state index is 12.6. The number of anilines is 2. The van der Waals surface area contributed by atoms with E-state index in [0.717, 1.165) is 17.7 Å². The van der Waals surface area contributed by atoms with E-state index >= 15 is 0 Å². The van der Waals surface area contributed by atoms with Crippen molar-refractivity contribution in [2.75, 3.05) is 17.2 Å². The highest BCUT2D eigenvalue weighted by Gasteiger charge is 2.12. The van der Waals surface area contributed by atoms with Crippen molar-refractivity contribution in [3.05, 3.63) is 95.6 Å². The molecule has 0 saturated carbocycles. The number of hydrogen-bond acceptors (Lipinski definition) is 2. The summed E-state index contributed by atoms with van der Waals surface area (Å²) in [6, 6.07) is 25.3. The largest absolute Gasteiger partial charge is 0.352 e. The molecule has 0 fully saturated rings. The van der Waals surface area contributed by atoms with Gasteiger partial charge in [-0.1, -0.05) is 60.7 Å². The molecule has 28 heavy (non-hydrogen) atoms. The molecule has 0 saturated heterocycles. The highest BCUT2D eigenvalue weighted by atomic mass is 32.1. The molecule has 1 amide bonds. The van der Waals surface area contributed by atoms with Crippen molar-refractivity contribution in [1.82, 2.24) is 5.32 Å². The Morgan fingerprint density at radius 1 is 0.821 bits per heavy atom. The van der Waals surface area contributed by atoms with Crippen LogP contribution in [0.1, 0.15) is 21.5 Å². The number of hydrogen-bond donors (Lipinski definition) is 3. The maximum Gasteiger partial charge on any atom is 0.253 e. The van der Waals surface area contributed by atoms with E-state index in [4.69, 9.17) is 12.2 Å². The Balaban J connectivity index is 1.61. The first-order chi connectivity index (χ1) is 13.6. The smallest absolute Gasteiger partial charge is 0.253 e. The molecular weight excluding hydrogens is 366 g/mol. The number of amides is 1. The van der Waals surface area contributed by atoms with Crippen LogP contribution < -0.4 is 16.0 Å². The van der Waals surface area contributed by atoms with Gasteiger partial charge in [-0.3, -0.25) is 4.79 Å². The minimum atomic E-state index is -0.127. The Bertz CT molecular complexity index is 957. The fraction of sp³-hybridized carbons (Fsp3) is 0.130. The third kappa shape index (κ3) is 5.41. The van der Waals surface area contributed by atoms with E-state index in [2.05, 4.69) is 28.1 Å². The van der Waals surface area contributed by atoms with Crippen LogP contribution >= 0.6 is 12.2 Å². The van der Waals surface area contributed by atoms with Crippen molar-refractivity contribution >= 4 is 34.6 Å². The van der Waals surface area contributed by atoms with Gasteiger partial charge in [0.2, 0.25) is 0 Å². The second kappa shape index (κ2) is 9.67. The lowest BCUT2D eigenvalue weighted by Gasteiger charge is -2.15. The summed E-state index contributed by atoms with van der Waals surface area (Å²) in [6.07, 6.45) is 0.787. The van der Waals surface area contributed by atoms with E-state index < -0.39 is 0 Å². The lowest BCUT2D eigenvalue weighted by Crippen LogP contribution is -2.28. The average Bonchev–Trinajstić information content (AvgIpc) is 2.71. The molecule has 0 aliphatic rings. The molecule has 0 heterocycles. The molecule has 3 aromatic rings. The maximum absolute atomic E-state index is 12.6. The molecule has 3 N–H and O–H groups in total. The summed E-state index contributed by atoms with van der Waals surface area (Å²) >= 11 is 5.42. The fourth-order valence-electron chi connectivity index (χ4n) is 2.84. The summed E-state index contributed by atoms with van der Waals surface area (Å²) in [5.41, 5.74) is 4.46. The lowest BCUT2D eigenvalue weighted by atomic mass is 10.1. The Kier molecular flexibility index (Phi) is 6.76. The third-order valence-electron chi connectivity index (χ3n) is 4.36. The fourth-order valence-corrected chi connectivity index (χ4v) is 3.06. The van der Waals surface area contributed by atoms with Crippen LogP contribution in [0.5, 0.6) is 0 Å². The van der Waals surface area contributed by atoms with Crippen molar-refractivity contribution in [2.24, 2.45) is 0 Å². The lowest BCUT2D eigenvalue weighted by molar-refractivity contribution is 0.0955. The average molecular weight is 390 g/mol. The molecular formula is C23H23N3OS. The van der Waals surface area contributed by atoms with Gasteiger partial charge in [0, 0.05) is 12.2 Å². The number of benzene rings is 3. The zero-order valence-corrected chi connectivity index (χ0v) is 16.6. The number of rotatable bonds is 6. The number of carbonyl (C=O) groups is 1. The molecule has 3 aromatic carbocycles. The second-order valence-corrected chi connectivity index (χ2v) is 6.84. The quantitative estimate of drug-likeness (QED) is 0.531. The van der Waals surface area contributed by atoms with Gasteiger partial charge in [-0.25, -0.2) is 0 Å². The topological polar surface area (TPSA) is 53.2 Å². The van der Waals surface area contributed by atoms with Gasteiger partial charge in [-0.2, -0.15) is 0 Å². The number of thiocarbonyl (C=S) groups is 1. The third-order valence-corrected chi connectivity index (χ3v) is 4.56. The number of para-hydroxylation sites is 2. The Morgan fingerprint density at radius 3 is 2.18 bits per heavy atom. The second-order valence-electron chi connectivity index (χ2n) is 6.43. The van der Waals surface area contributed by atoms with Crippen LogP contribution in [-0.2, 0) is 6.42 Å². The van der Waals surface area contributed by atoms with Gasteiger partial charge in [-0.05, 0) is 54.9 Å². The predicted octanol–water partition coefficient (Wildman–Crippen LogP) is 4.78. The number of aryl methyl sites for hydroxylation is 1. The summed E-state index contributed by atoms with van der Waals surface area (Å²) < 4.78 is 0. The van der Waals surface area contributed by atoms with E-state index in [0.29, 0.717) is 22.9 Å².